The molecule has 0 saturated heterocycles. The lowest BCUT2D eigenvalue weighted by Gasteiger charge is -2.11. The monoisotopic (exact) mass is 408 g/mol. The number of amides is 1. The molecule has 3 aromatic carbocycles. The molecule has 0 unspecified atom stereocenters. The summed E-state index contributed by atoms with van der Waals surface area (Å²) >= 11 is 6.09. The molecule has 2 N–H and O–H groups in total. The lowest BCUT2D eigenvalue weighted by molar-refractivity contribution is -0.118. The molecule has 0 aliphatic rings. The molecule has 0 heterocycles. The van der Waals surface area contributed by atoms with Crippen LogP contribution in [0.2, 0.25) is 5.02 Å². The van der Waals surface area contributed by atoms with Crippen LogP contribution >= 0.6 is 11.6 Å². The minimum Gasteiger partial charge on any atom is -0.484 e. The van der Waals surface area contributed by atoms with Crippen LogP contribution in [0.15, 0.2) is 60.7 Å². The van der Waals surface area contributed by atoms with Crippen LogP contribution < -0.4 is 15.4 Å². The summed E-state index contributed by atoms with van der Waals surface area (Å²) in [6, 6.07) is 19.5. The summed E-state index contributed by atoms with van der Waals surface area (Å²) in [7, 11) is 0. The summed E-state index contributed by atoms with van der Waals surface area (Å²) in [5.41, 5.74) is 6.31. The molecule has 0 atom stereocenters. The van der Waals surface area contributed by atoms with Crippen LogP contribution in [0.4, 0.5) is 11.4 Å². The number of halogens is 1. The minimum atomic E-state index is -0.233. The minimum absolute atomic E-state index is 0.0699. The van der Waals surface area contributed by atoms with Crippen molar-refractivity contribution in [3.05, 3.63) is 87.9 Å². The Hall–Kier alpha value is -2.98. The fourth-order valence-corrected chi connectivity index (χ4v) is 3.00. The first kappa shape index (κ1) is 20.7. The molecule has 0 aliphatic carbocycles. The van der Waals surface area contributed by atoms with Crippen LogP contribution in [0.5, 0.6) is 5.75 Å². The van der Waals surface area contributed by atoms with Gasteiger partial charge in [0.25, 0.3) is 5.91 Å². The van der Waals surface area contributed by atoms with Gasteiger partial charge in [0.15, 0.2) is 6.61 Å². The predicted molar refractivity (Wildman–Crippen MR) is 120 cm³/mol. The number of hydrogen-bond acceptors (Lipinski definition) is 3. The number of hydrogen-bond donors (Lipinski definition) is 2. The number of rotatable bonds is 7. The lowest BCUT2D eigenvalue weighted by Crippen LogP contribution is -2.20. The first-order valence-corrected chi connectivity index (χ1v) is 9.87. The normalized spacial score (nSPS) is 10.5. The summed E-state index contributed by atoms with van der Waals surface area (Å²) in [4.78, 5) is 12.1. The molecule has 0 saturated carbocycles. The van der Waals surface area contributed by atoms with Gasteiger partial charge in [0.05, 0.1) is 0 Å². The molecule has 5 heteroatoms. The van der Waals surface area contributed by atoms with E-state index in [9.17, 15) is 4.79 Å². The topological polar surface area (TPSA) is 50.4 Å². The molecular formula is C24H25ClN2O2. The van der Waals surface area contributed by atoms with Crippen molar-refractivity contribution in [2.75, 3.05) is 17.2 Å². The van der Waals surface area contributed by atoms with Crippen molar-refractivity contribution in [3.8, 4) is 5.75 Å². The molecular weight excluding hydrogens is 384 g/mol. The van der Waals surface area contributed by atoms with E-state index in [1.165, 1.54) is 11.1 Å². The van der Waals surface area contributed by atoms with Crippen LogP contribution in [-0.2, 0) is 11.3 Å². The summed E-state index contributed by atoms with van der Waals surface area (Å²) in [5, 5.41) is 6.83. The van der Waals surface area contributed by atoms with Gasteiger partial charge < -0.3 is 15.4 Å². The highest BCUT2D eigenvalue weighted by Crippen LogP contribution is 2.20. The number of carbonyl (C=O) groups is 1. The maximum Gasteiger partial charge on any atom is 0.262 e. The fraction of sp³-hybridized carbons (Fsp3) is 0.208. The number of carbonyl (C=O) groups excluding carboxylic acids is 1. The third-order valence-electron chi connectivity index (χ3n) is 4.73. The zero-order chi connectivity index (χ0) is 20.8. The molecule has 0 bridgehead atoms. The van der Waals surface area contributed by atoms with Gasteiger partial charge in [-0.3, -0.25) is 4.79 Å². The molecule has 150 valence electrons. The zero-order valence-corrected chi connectivity index (χ0v) is 17.6. The third kappa shape index (κ3) is 6.00. The second-order valence-corrected chi connectivity index (χ2v) is 7.51. The van der Waals surface area contributed by atoms with Crippen molar-refractivity contribution >= 4 is 28.9 Å². The molecule has 0 radical (unpaired) electrons. The molecule has 3 aromatic rings. The highest BCUT2D eigenvalue weighted by molar-refractivity contribution is 6.31. The van der Waals surface area contributed by atoms with Gasteiger partial charge in [-0.2, -0.15) is 0 Å². The second kappa shape index (κ2) is 9.48. The predicted octanol–water partition coefficient (Wildman–Crippen LogP) is 5.89. The first-order valence-electron chi connectivity index (χ1n) is 9.49. The Morgan fingerprint density at radius 3 is 2.41 bits per heavy atom. The number of aryl methyl sites for hydroxylation is 3. The van der Waals surface area contributed by atoms with Crippen LogP contribution in [0.1, 0.15) is 22.3 Å². The van der Waals surface area contributed by atoms with Crippen LogP contribution in [0.25, 0.3) is 0 Å². The summed E-state index contributed by atoms with van der Waals surface area (Å²) in [6.07, 6.45) is 0. The van der Waals surface area contributed by atoms with Crippen molar-refractivity contribution in [1.82, 2.24) is 0 Å². The van der Waals surface area contributed by atoms with Gasteiger partial charge in [0.2, 0.25) is 0 Å². The average Bonchev–Trinajstić information content (AvgIpc) is 2.70. The molecule has 3 rings (SSSR count). The van der Waals surface area contributed by atoms with Gasteiger partial charge in [-0.15, -0.1) is 0 Å². The fourth-order valence-electron chi connectivity index (χ4n) is 2.82. The molecule has 0 fully saturated rings. The quantitative estimate of drug-likeness (QED) is 0.512. The Labute approximate surface area is 176 Å². The van der Waals surface area contributed by atoms with Crippen LogP contribution in [-0.4, -0.2) is 12.5 Å². The number of nitrogens with one attached hydrogen (secondary N) is 2. The highest BCUT2D eigenvalue weighted by Gasteiger charge is 2.06. The van der Waals surface area contributed by atoms with Crippen molar-refractivity contribution in [1.29, 1.82) is 0 Å². The molecule has 0 aliphatic heterocycles. The maximum absolute atomic E-state index is 12.1. The van der Waals surface area contributed by atoms with Crippen molar-refractivity contribution in [2.45, 2.75) is 27.3 Å². The van der Waals surface area contributed by atoms with E-state index in [0.717, 1.165) is 16.8 Å². The van der Waals surface area contributed by atoms with Crippen LogP contribution in [0.3, 0.4) is 0 Å². The van der Waals surface area contributed by atoms with Gasteiger partial charge in [0, 0.05) is 22.9 Å². The van der Waals surface area contributed by atoms with E-state index < -0.39 is 0 Å². The highest BCUT2D eigenvalue weighted by atomic mass is 35.5. The Kier molecular flexibility index (Phi) is 6.78. The summed E-state index contributed by atoms with van der Waals surface area (Å²) < 4.78 is 5.65. The van der Waals surface area contributed by atoms with E-state index in [-0.39, 0.29) is 12.5 Å². The maximum atomic E-state index is 12.1. The largest absolute Gasteiger partial charge is 0.484 e. The molecule has 0 aromatic heterocycles. The average molecular weight is 409 g/mol. The number of anilines is 2. The van der Waals surface area contributed by atoms with Crippen molar-refractivity contribution in [3.63, 3.8) is 0 Å². The Morgan fingerprint density at radius 2 is 1.66 bits per heavy atom. The Balaban J connectivity index is 1.53. The SMILES string of the molecule is Cc1ccc(NCc2cccc(OCC(=O)Nc3ccc(C)c(Cl)c3)c2)cc1C. The van der Waals surface area contributed by atoms with E-state index in [2.05, 4.69) is 42.7 Å². The summed E-state index contributed by atoms with van der Waals surface area (Å²) in [5.74, 6) is 0.421. The van der Waals surface area contributed by atoms with Gasteiger partial charge in [-0.25, -0.2) is 0 Å². The summed E-state index contributed by atoms with van der Waals surface area (Å²) in [6.45, 7) is 6.72. The standard InChI is InChI=1S/C24H25ClN2O2/c1-16-7-9-20(11-18(16)3)26-14-19-5-4-6-22(12-19)29-15-24(28)27-21-10-8-17(2)23(25)13-21/h4-13,26H,14-15H2,1-3H3,(H,27,28). The second-order valence-electron chi connectivity index (χ2n) is 7.10. The molecule has 4 nitrogen and oxygen atoms in total. The first-order chi connectivity index (χ1) is 13.9. The van der Waals surface area contributed by atoms with E-state index in [4.69, 9.17) is 16.3 Å². The third-order valence-corrected chi connectivity index (χ3v) is 5.13. The van der Waals surface area contributed by atoms with Gasteiger partial charge >= 0.3 is 0 Å². The van der Waals surface area contributed by atoms with E-state index in [1.54, 1.807) is 6.07 Å². The number of ether oxygens (including phenoxy) is 1. The molecule has 1 amide bonds. The smallest absolute Gasteiger partial charge is 0.262 e. The molecule has 29 heavy (non-hydrogen) atoms. The van der Waals surface area contributed by atoms with Crippen LogP contribution in [0, 0.1) is 20.8 Å². The van der Waals surface area contributed by atoms with Gasteiger partial charge in [0.1, 0.15) is 5.75 Å². The Morgan fingerprint density at radius 1 is 0.897 bits per heavy atom. The Bertz CT molecular complexity index is 1020. The van der Waals surface area contributed by atoms with E-state index >= 15 is 0 Å². The number of benzene rings is 3. The van der Waals surface area contributed by atoms with Gasteiger partial charge in [-0.1, -0.05) is 35.9 Å². The zero-order valence-electron chi connectivity index (χ0n) is 16.9. The van der Waals surface area contributed by atoms with Gasteiger partial charge in [-0.05, 0) is 79.4 Å². The van der Waals surface area contributed by atoms with Crippen molar-refractivity contribution in [2.24, 2.45) is 0 Å². The molecule has 0 spiro atoms. The van der Waals surface area contributed by atoms with Crippen molar-refractivity contribution < 1.29 is 9.53 Å². The van der Waals surface area contributed by atoms with E-state index in [1.807, 2.05) is 43.3 Å². The lowest BCUT2D eigenvalue weighted by atomic mass is 10.1. The van der Waals surface area contributed by atoms with E-state index in [0.29, 0.717) is 23.0 Å².